The van der Waals surface area contributed by atoms with Crippen molar-refractivity contribution in [1.82, 2.24) is 10.6 Å². The second-order valence-corrected chi connectivity index (χ2v) is 5.40. The highest BCUT2D eigenvalue weighted by molar-refractivity contribution is 9.10. The molecule has 1 fully saturated rings. The van der Waals surface area contributed by atoms with E-state index in [2.05, 4.69) is 26.6 Å². The van der Waals surface area contributed by atoms with Gasteiger partial charge in [-0.1, -0.05) is 22.4 Å². The van der Waals surface area contributed by atoms with Crippen molar-refractivity contribution in [3.63, 3.8) is 0 Å². The van der Waals surface area contributed by atoms with E-state index >= 15 is 0 Å². The Hall–Kier alpha value is -0.940. The summed E-state index contributed by atoms with van der Waals surface area (Å²) in [6, 6.07) is 4.67. The fraction of sp³-hybridized carbons (Fsp3) is 0.462. The highest BCUT2D eigenvalue weighted by atomic mass is 79.9. The topological polar surface area (TPSA) is 41.1 Å². The molecule has 0 saturated carbocycles. The minimum Gasteiger partial charge on any atom is -0.350 e. The van der Waals surface area contributed by atoms with Gasteiger partial charge in [0.05, 0.1) is 5.56 Å². The lowest BCUT2D eigenvalue weighted by atomic mass is 10.1. The van der Waals surface area contributed by atoms with Crippen LogP contribution in [0.2, 0.25) is 0 Å². The smallest absolute Gasteiger partial charge is 0.254 e. The summed E-state index contributed by atoms with van der Waals surface area (Å²) >= 11 is 3.23. The van der Waals surface area contributed by atoms with Crippen molar-refractivity contribution in [3.8, 4) is 0 Å². The van der Waals surface area contributed by atoms with Gasteiger partial charge in [-0.05, 0) is 37.6 Å². The molecule has 18 heavy (non-hydrogen) atoms. The van der Waals surface area contributed by atoms with Gasteiger partial charge in [0, 0.05) is 17.1 Å². The molecule has 2 N–H and O–H groups in total. The quantitative estimate of drug-likeness (QED) is 0.900. The molecule has 3 nitrogen and oxygen atoms in total. The standard InChI is InChI=1S/C13H16BrFN2O/c14-9-4-5-12(15)11(7-9)13(18)17-8-10-3-1-2-6-16-10/h4-5,7,10,16H,1-3,6,8H2,(H,17,18). The average Bonchev–Trinajstić information content (AvgIpc) is 2.40. The number of benzene rings is 1. The van der Waals surface area contributed by atoms with Crippen LogP contribution < -0.4 is 10.6 Å². The zero-order valence-electron chi connectivity index (χ0n) is 10.0. The first-order chi connectivity index (χ1) is 8.66. The predicted octanol–water partition coefficient (Wildman–Crippen LogP) is 2.46. The van der Waals surface area contributed by atoms with Crippen LogP contribution in [-0.2, 0) is 0 Å². The Morgan fingerprint density at radius 2 is 2.33 bits per heavy atom. The number of hydrogen-bond donors (Lipinski definition) is 2. The summed E-state index contributed by atoms with van der Waals surface area (Å²) in [5, 5.41) is 6.11. The second kappa shape index (κ2) is 6.29. The van der Waals surface area contributed by atoms with Gasteiger partial charge in [0.25, 0.3) is 5.91 Å². The Labute approximate surface area is 114 Å². The monoisotopic (exact) mass is 314 g/mol. The van der Waals surface area contributed by atoms with Crippen LogP contribution in [0.4, 0.5) is 4.39 Å². The molecule has 0 spiro atoms. The van der Waals surface area contributed by atoms with E-state index in [0.29, 0.717) is 17.1 Å². The molecule has 2 rings (SSSR count). The Bertz CT molecular complexity index is 433. The van der Waals surface area contributed by atoms with Crippen molar-refractivity contribution in [2.75, 3.05) is 13.1 Å². The third kappa shape index (κ3) is 3.53. The Morgan fingerprint density at radius 1 is 1.50 bits per heavy atom. The van der Waals surface area contributed by atoms with Crippen molar-refractivity contribution in [3.05, 3.63) is 34.1 Å². The first-order valence-corrected chi connectivity index (χ1v) is 6.93. The zero-order valence-corrected chi connectivity index (χ0v) is 11.6. The third-order valence-electron chi connectivity index (χ3n) is 3.09. The minimum atomic E-state index is -0.493. The summed E-state index contributed by atoms with van der Waals surface area (Å²) in [5.41, 5.74) is 0.0835. The molecule has 0 bridgehead atoms. The number of amides is 1. The van der Waals surface area contributed by atoms with Crippen molar-refractivity contribution in [1.29, 1.82) is 0 Å². The fourth-order valence-electron chi connectivity index (χ4n) is 2.08. The molecule has 98 valence electrons. The SMILES string of the molecule is O=C(NCC1CCCCN1)c1cc(Br)ccc1F. The normalized spacial score (nSPS) is 19.6. The maximum atomic E-state index is 13.5. The van der Waals surface area contributed by atoms with Crippen LogP contribution in [0.5, 0.6) is 0 Å². The highest BCUT2D eigenvalue weighted by Crippen LogP contribution is 2.15. The van der Waals surface area contributed by atoms with E-state index in [1.54, 1.807) is 6.07 Å². The van der Waals surface area contributed by atoms with E-state index in [1.165, 1.54) is 25.0 Å². The number of rotatable bonds is 3. The Balaban J connectivity index is 1.92. The van der Waals surface area contributed by atoms with E-state index < -0.39 is 5.82 Å². The molecule has 1 aromatic carbocycles. The van der Waals surface area contributed by atoms with Gasteiger partial charge in [-0.25, -0.2) is 4.39 Å². The molecule has 1 atom stereocenters. The van der Waals surface area contributed by atoms with Crippen LogP contribution in [-0.4, -0.2) is 25.0 Å². The van der Waals surface area contributed by atoms with E-state index in [1.807, 2.05) is 0 Å². The second-order valence-electron chi connectivity index (χ2n) is 4.48. The lowest BCUT2D eigenvalue weighted by molar-refractivity contribution is 0.0943. The molecule has 1 aromatic rings. The van der Waals surface area contributed by atoms with Gasteiger partial charge in [-0.3, -0.25) is 4.79 Å². The predicted molar refractivity (Wildman–Crippen MR) is 72.1 cm³/mol. The number of carbonyl (C=O) groups is 1. The first kappa shape index (κ1) is 13.5. The molecule has 1 amide bonds. The number of carbonyl (C=O) groups excluding carboxylic acids is 1. The molecule has 1 heterocycles. The van der Waals surface area contributed by atoms with Gasteiger partial charge >= 0.3 is 0 Å². The number of halogens is 2. The molecule has 0 radical (unpaired) electrons. The summed E-state index contributed by atoms with van der Waals surface area (Å²) in [4.78, 5) is 11.9. The third-order valence-corrected chi connectivity index (χ3v) is 3.59. The van der Waals surface area contributed by atoms with Crippen molar-refractivity contribution in [2.45, 2.75) is 25.3 Å². The number of piperidine rings is 1. The van der Waals surface area contributed by atoms with E-state index in [-0.39, 0.29) is 11.5 Å². The van der Waals surface area contributed by atoms with Gasteiger partial charge < -0.3 is 10.6 Å². The van der Waals surface area contributed by atoms with Crippen molar-refractivity contribution in [2.24, 2.45) is 0 Å². The van der Waals surface area contributed by atoms with Crippen LogP contribution in [0.1, 0.15) is 29.6 Å². The lowest BCUT2D eigenvalue weighted by Gasteiger charge is -2.23. The molecule has 5 heteroatoms. The molecule has 0 aliphatic carbocycles. The van der Waals surface area contributed by atoms with Gasteiger partial charge in [0.1, 0.15) is 5.82 Å². The van der Waals surface area contributed by atoms with Gasteiger partial charge in [-0.2, -0.15) is 0 Å². The van der Waals surface area contributed by atoms with Crippen LogP contribution >= 0.6 is 15.9 Å². The van der Waals surface area contributed by atoms with Crippen molar-refractivity contribution >= 4 is 21.8 Å². The van der Waals surface area contributed by atoms with Crippen LogP contribution in [0, 0.1) is 5.82 Å². The first-order valence-electron chi connectivity index (χ1n) is 6.13. The summed E-state index contributed by atoms with van der Waals surface area (Å²) in [6.07, 6.45) is 3.42. The Morgan fingerprint density at radius 3 is 3.06 bits per heavy atom. The maximum Gasteiger partial charge on any atom is 0.254 e. The Kier molecular flexibility index (Phi) is 4.72. The summed E-state index contributed by atoms with van der Waals surface area (Å²) in [7, 11) is 0. The van der Waals surface area contributed by atoms with E-state index in [0.717, 1.165) is 13.0 Å². The summed E-state index contributed by atoms with van der Waals surface area (Å²) in [6.45, 7) is 1.54. The molecule has 1 unspecified atom stereocenters. The van der Waals surface area contributed by atoms with Crippen LogP contribution in [0.3, 0.4) is 0 Å². The van der Waals surface area contributed by atoms with Crippen LogP contribution in [0.15, 0.2) is 22.7 Å². The molecule has 1 aliphatic heterocycles. The van der Waals surface area contributed by atoms with Gasteiger partial charge in [0.2, 0.25) is 0 Å². The molecular formula is C13H16BrFN2O. The van der Waals surface area contributed by atoms with Gasteiger partial charge in [-0.15, -0.1) is 0 Å². The van der Waals surface area contributed by atoms with Crippen LogP contribution in [0.25, 0.3) is 0 Å². The minimum absolute atomic E-state index is 0.0835. The van der Waals surface area contributed by atoms with Gasteiger partial charge in [0.15, 0.2) is 0 Å². The molecule has 1 saturated heterocycles. The summed E-state index contributed by atoms with van der Waals surface area (Å²) < 4.78 is 14.2. The molecular weight excluding hydrogens is 299 g/mol. The number of hydrogen-bond acceptors (Lipinski definition) is 2. The summed E-state index contributed by atoms with van der Waals surface area (Å²) in [5.74, 6) is -0.853. The zero-order chi connectivity index (χ0) is 13.0. The molecule has 1 aliphatic rings. The number of nitrogens with one attached hydrogen (secondary N) is 2. The lowest BCUT2D eigenvalue weighted by Crippen LogP contribution is -2.43. The molecule has 0 aromatic heterocycles. The van der Waals surface area contributed by atoms with E-state index in [9.17, 15) is 9.18 Å². The largest absolute Gasteiger partial charge is 0.350 e. The van der Waals surface area contributed by atoms with Crippen molar-refractivity contribution < 1.29 is 9.18 Å². The van der Waals surface area contributed by atoms with E-state index in [4.69, 9.17) is 0 Å². The highest BCUT2D eigenvalue weighted by Gasteiger charge is 2.16. The average molecular weight is 315 g/mol. The maximum absolute atomic E-state index is 13.5. The fourth-order valence-corrected chi connectivity index (χ4v) is 2.44.